The molecule has 10 aromatic rings. The molecule has 0 saturated heterocycles. The molecule has 1 aliphatic carbocycles. The Bertz CT molecular complexity index is 3010. The highest BCUT2D eigenvalue weighted by molar-refractivity contribution is 6.25. The van der Waals surface area contributed by atoms with Crippen LogP contribution in [0.4, 0.5) is 0 Å². The molecule has 11 rings (SSSR count). The van der Waals surface area contributed by atoms with Crippen molar-refractivity contribution in [3.8, 4) is 22.5 Å². The van der Waals surface area contributed by atoms with Gasteiger partial charge in [-0.05, 0) is 75.3 Å². The van der Waals surface area contributed by atoms with Gasteiger partial charge in [-0.2, -0.15) is 0 Å². The average Bonchev–Trinajstić information content (AvgIpc) is 3.73. The van der Waals surface area contributed by atoms with Crippen molar-refractivity contribution in [2.75, 3.05) is 0 Å². The number of rotatable bonds is 2. The van der Waals surface area contributed by atoms with Crippen LogP contribution in [0.5, 0.6) is 0 Å². The number of fused-ring (bicyclic) bond motifs is 12. The van der Waals surface area contributed by atoms with Gasteiger partial charge in [0, 0.05) is 43.6 Å². The van der Waals surface area contributed by atoms with Crippen LogP contribution in [0.1, 0.15) is 25.0 Å². The third-order valence-electron chi connectivity index (χ3n) is 11.3. The largest absolute Gasteiger partial charge is 0.309 e. The van der Waals surface area contributed by atoms with E-state index in [4.69, 9.17) is 0 Å². The van der Waals surface area contributed by atoms with E-state index in [-0.39, 0.29) is 5.41 Å². The molecule has 0 atom stereocenters. The second-order valence-corrected chi connectivity index (χ2v) is 14.1. The van der Waals surface area contributed by atoms with E-state index in [0.717, 1.165) is 0 Å². The summed E-state index contributed by atoms with van der Waals surface area (Å²) in [6.07, 6.45) is 0. The van der Waals surface area contributed by atoms with Gasteiger partial charge >= 0.3 is 0 Å². The molecular weight excluding hydrogens is 593 g/mol. The van der Waals surface area contributed by atoms with Gasteiger partial charge in [0.2, 0.25) is 0 Å². The molecule has 0 spiro atoms. The molecule has 8 aromatic carbocycles. The number of aromatic nitrogens is 2. The Kier molecular flexibility index (Phi) is 5.21. The third-order valence-corrected chi connectivity index (χ3v) is 11.3. The van der Waals surface area contributed by atoms with Gasteiger partial charge < -0.3 is 9.13 Å². The van der Waals surface area contributed by atoms with Gasteiger partial charge in [-0.15, -0.1) is 0 Å². The van der Waals surface area contributed by atoms with Gasteiger partial charge in [0.15, 0.2) is 0 Å². The Morgan fingerprint density at radius 1 is 0.408 bits per heavy atom. The molecule has 2 heteroatoms. The van der Waals surface area contributed by atoms with Gasteiger partial charge in [-0.25, -0.2) is 0 Å². The summed E-state index contributed by atoms with van der Waals surface area (Å²) in [6, 6.07) is 58.6. The van der Waals surface area contributed by atoms with E-state index in [2.05, 4.69) is 181 Å². The summed E-state index contributed by atoms with van der Waals surface area (Å²) in [4.78, 5) is 0. The summed E-state index contributed by atoms with van der Waals surface area (Å²) in [5, 5.41) is 10.2. The molecule has 0 unspecified atom stereocenters. The Morgan fingerprint density at radius 2 is 1.08 bits per heavy atom. The SMILES string of the molecule is CC1(C)c2ccccc2-c2c1cc1ccccc1c2-n1c2ccccc2c2cc3c4c5ccccc5ccc4n(-c4ccccc4)c3cc21. The van der Waals surface area contributed by atoms with E-state index in [1.54, 1.807) is 0 Å². The number of hydrogen-bond donors (Lipinski definition) is 0. The van der Waals surface area contributed by atoms with Crippen molar-refractivity contribution in [1.29, 1.82) is 0 Å². The van der Waals surface area contributed by atoms with Crippen LogP contribution >= 0.6 is 0 Å². The quantitative estimate of drug-likeness (QED) is 0.181. The van der Waals surface area contributed by atoms with Gasteiger partial charge in [0.05, 0.1) is 27.8 Å². The minimum atomic E-state index is -0.114. The molecule has 0 N–H and O–H groups in total. The van der Waals surface area contributed by atoms with Crippen LogP contribution in [0, 0.1) is 0 Å². The van der Waals surface area contributed by atoms with Gasteiger partial charge in [-0.3, -0.25) is 0 Å². The first-order chi connectivity index (χ1) is 24.1. The fourth-order valence-corrected chi connectivity index (χ4v) is 9.06. The second-order valence-electron chi connectivity index (χ2n) is 14.1. The van der Waals surface area contributed by atoms with Crippen molar-refractivity contribution in [1.82, 2.24) is 9.13 Å². The zero-order valence-corrected chi connectivity index (χ0v) is 27.4. The van der Waals surface area contributed by atoms with Gasteiger partial charge in [0.25, 0.3) is 0 Å². The normalized spacial score (nSPS) is 13.7. The summed E-state index contributed by atoms with van der Waals surface area (Å²) >= 11 is 0. The van der Waals surface area contributed by atoms with Crippen LogP contribution in [0.2, 0.25) is 0 Å². The second kappa shape index (κ2) is 9.49. The van der Waals surface area contributed by atoms with Crippen molar-refractivity contribution in [3.05, 3.63) is 169 Å². The van der Waals surface area contributed by atoms with Crippen LogP contribution in [0.3, 0.4) is 0 Å². The van der Waals surface area contributed by atoms with Crippen molar-refractivity contribution in [2.24, 2.45) is 0 Å². The molecule has 0 radical (unpaired) electrons. The maximum Gasteiger partial charge on any atom is 0.0622 e. The Labute approximate surface area is 284 Å². The van der Waals surface area contributed by atoms with Gasteiger partial charge in [0.1, 0.15) is 0 Å². The predicted molar refractivity (Wildman–Crippen MR) is 208 cm³/mol. The monoisotopic (exact) mass is 624 g/mol. The molecule has 49 heavy (non-hydrogen) atoms. The maximum atomic E-state index is 2.58. The van der Waals surface area contributed by atoms with E-state index in [1.807, 2.05) is 0 Å². The molecule has 0 fully saturated rings. The zero-order chi connectivity index (χ0) is 32.4. The van der Waals surface area contributed by atoms with Crippen LogP contribution < -0.4 is 0 Å². The number of hydrogen-bond acceptors (Lipinski definition) is 0. The third kappa shape index (κ3) is 3.45. The molecule has 0 saturated carbocycles. The van der Waals surface area contributed by atoms with E-state index in [9.17, 15) is 0 Å². The molecule has 2 nitrogen and oxygen atoms in total. The first kappa shape index (κ1) is 26.9. The first-order valence-electron chi connectivity index (χ1n) is 17.2. The molecule has 230 valence electrons. The molecule has 0 bridgehead atoms. The predicted octanol–water partition coefficient (Wildman–Crippen LogP) is 12.5. The molecule has 0 aliphatic heterocycles. The van der Waals surface area contributed by atoms with Crippen molar-refractivity contribution in [3.63, 3.8) is 0 Å². The van der Waals surface area contributed by atoms with Crippen LogP contribution in [-0.4, -0.2) is 9.13 Å². The fraction of sp³-hybridized carbons (Fsp3) is 0.0638. The van der Waals surface area contributed by atoms with Crippen molar-refractivity contribution >= 4 is 65.2 Å². The lowest BCUT2D eigenvalue weighted by Gasteiger charge is -2.23. The van der Waals surface area contributed by atoms with Crippen molar-refractivity contribution in [2.45, 2.75) is 19.3 Å². The summed E-state index contributed by atoms with van der Waals surface area (Å²) in [5.41, 5.74) is 12.7. The Balaban J connectivity index is 1.38. The lowest BCUT2D eigenvalue weighted by molar-refractivity contribution is 0.661. The maximum absolute atomic E-state index is 2.58. The Hall–Kier alpha value is -6.12. The highest BCUT2D eigenvalue weighted by Gasteiger charge is 2.38. The van der Waals surface area contributed by atoms with Crippen LogP contribution in [0.25, 0.3) is 87.7 Å². The average molecular weight is 625 g/mol. The van der Waals surface area contributed by atoms with Crippen LogP contribution in [0.15, 0.2) is 158 Å². The molecule has 0 amide bonds. The van der Waals surface area contributed by atoms with Crippen molar-refractivity contribution < 1.29 is 0 Å². The van der Waals surface area contributed by atoms with E-state index < -0.39 is 0 Å². The summed E-state index contributed by atoms with van der Waals surface area (Å²) in [7, 11) is 0. The van der Waals surface area contributed by atoms with E-state index in [1.165, 1.54) is 98.8 Å². The minimum absolute atomic E-state index is 0.114. The molecule has 2 aromatic heterocycles. The highest BCUT2D eigenvalue weighted by atomic mass is 15.0. The highest BCUT2D eigenvalue weighted by Crippen LogP contribution is 2.54. The number of nitrogens with zero attached hydrogens (tertiary/aromatic N) is 2. The smallest absolute Gasteiger partial charge is 0.0622 e. The Morgan fingerprint density at radius 3 is 1.94 bits per heavy atom. The lowest BCUT2D eigenvalue weighted by atomic mass is 9.81. The molecule has 1 aliphatic rings. The standard InChI is InChI=1S/C47H32N2/c1-47(2)38-22-12-10-21-35(38)45-39(47)26-30-15-7-9-19-33(30)46(45)49-40-23-13-11-20-34(40)36-27-37-43(28-42(36)49)48(31-16-4-3-5-17-31)41-25-24-29-14-6-8-18-32(29)44(37)41/h3-28H,1-2H3. The summed E-state index contributed by atoms with van der Waals surface area (Å²) in [5.74, 6) is 0. The summed E-state index contributed by atoms with van der Waals surface area (Å²) in [6.45, 7) is 4.77. The van der Waals surface area contributed by atoms with Gasteiger partial charge in [-0.1, -0.05) is 129 Å². The minimum Gasteiger partial charge on any atom is -0.309 e. The summed E-state index contributed by atoms with van der Waals surface area (Å²) < 4.78 is 5.04. The fourth-order valence-electron chi connectivity index (χ4n) is 9.06. The first-order valence-corrected chi connectivity index (χ1v) is 17.2. The van der Waals surface area contributed by atoms with E-state index >= 15 is 0 Å². The topological polar surface area (TPSA) is 9.86 Å². The lowest BCUT2D eigenvalue weighted by Crippen LogP contribution is -2.15. The number of para-hydroxylation sites is 2. The van der Waals surface area contributed by atoms with Crippen LogP contribution in [-0.2, 0) is 5.41 Å². The number of benzene rings is 8. The molecular formula is C47H32N2. The van der Waals surface area contributed by atoms with E-state index in [0.29, 0.717) is 0 Å². The zero-order valence-electron chi connectivity index (χ0n) is 27.4. The molecule has 2 heterocycles.